The maximum atomic E-state index is 12.5. The van der Waals surface area contributed by atoms with Crippen LogP contribution in [0.15, 0.2) is 53.4 Å². The molecule has 1 fully saturated rings. The lowest BCUT2D eigenvalue weighted by Crippen LogP contribution is -2.27. The quantitative estimate of drug-likeness (QED) is 0.872. The Morgan fingerprint density at radius 3 is 2.65 bits per heavy atom. The standard InChI is InChI=1S/C17H13NO4S/c1-22-13-7-4-6-12(10-13)18-16(20)15(23-17(18)21)9-11-5-2-3-8-14(11)19/h2-10,19H,1H3/b15-9-. The fraction of sp³-hybridized carbons (Fsp3) is 0.0588. The van der Waals surface area contributed by atoms with E-state index in [-0.39, 0.29) is 15.9 Å². The van der Waals surface area contributed by atoms with Gasteiger partial charge in [-0.1, -0.05) is 24.3 Å². The number of benzene rings is 2. The molecule has 116 valence electrons. The average Bonchev–Trinajstić information content (AvgIpc) is 2.83. The van der Waals surface area contributed by atoms with Gasteiger partial charge in [0.15, 0.2) is 0 Å². The van der Waals surface area contributed by atoms with Gasteiger partial charge in [0, 0.05) is 11.6 Å². The van der Waals surface area contributed by atoms with Gasteiger partial charge in [-0.15, -0.1) is 0 Å². The van der Waals surface area contributed by atoms with Crippen molar-refractivity contribution in [1.82, 2.24) is 0 Å². The molecule has 1 heterocycles. The van der Waals surface area contributed by atoms with Crippen molar-refractivity contribution in [2.45, 2.75) is 0 Å². The normalized spacial score (nSPS) is 16.2. The fourth-order valence-corrected chi connectivity index (χ4v) is 3.02. The maximum absolute atomic E-state index is 12.5. The number of carbonyl (C=O) groups excluding carboxylic acids is 2. The molecule has 1 saturated heterocycles. The van der Waals surface area contributed by atoms with Crippen molar-refractivity contribution >= 4 is 34.7 Å². The van der Waals surface area contributed by atoms with Crippen LogP contribution in [0.1, 0.15) is 5.56 Å². The predicted molar refractivity (Wildman–Crippen MR) is 89.6 cm³/mol. The molecule has 0 bridgehead atoms. The van der Waals surface area contributed by atoms with E-state index in [2.05, 4.69) is 0 Å². The van der Waals surface area contributed by atoms with Crippen LogP contribution in [0.4, 0.5) is 10.5 Å². The van der Waals surface area contributed by atoms with Gasteiger partial charge in [0.05, 0.1) is 17.7 Å². The Morgan fingerprint density at radius 2 is 1.91 bits per heavy atom. The third-order valence-electron chi connectivity index (χ3n) is 3.33. The Bertz CT molecular complexity index is 816. The first-order chi connectivity index (χ1) is 11.1. The zero-order valence-corrected chi connectivity index (χ0v) is 13.0. The highest BCUT2D eigenvalue weighted by Gasteiger charge is 2.36. The monoisotopic (exact) mass is 327 g/mol. The van der Waals surface area contributed by atoms with Crippen molar-refractivity contribution in [1.29, 1.82) is 0 Å². The minimum absolute atomic E-state index is 0.0562. The molecule has 0 aromatic heterocycles. The Morgan fingerprint density at radius 1 is 1.13 bits per heavy atom. The van der Waals surface area contributed by atoms with Crippen LogP contribution >= 0.6 is 11.8 Å². The van der Waals surface area contributed by atoms with Crippen molar-refractivity contribution in [2.24, 2.45) is 0 Å². The van der Waals surface area contributed by atoms with E-state index in [4.69, 9.17) is 4.74 Å². The first-order valence-corrected chi connectivity index (χ1v) is 7.62. The van der Waals surface area contributed by atoms with Gasteiger partial charge >= 0.3 is 0 Å². The molecule has 5 nitrogen and oxygen atoms in total. The first kappa shape index (κ1) is 15.2. The number of para-hydroxylation sites is 1. The minimum Gasteiger partial charge on any atom is -0.507 e. The number of ether oxygens (including phenoxy) is 1. The predicted octanol–water partition coefficient (Wildman–Crippen LogP) is 3.64. The van der Waals surface area contributed by atoms with E-state index in [0.717, 1.165) is 16.7 Å². The summed E-state index contributed by atoms with van der Waals surface area (Å²) in [5.74, 6) is 0.198. The number of phenols is 1. The van der Waals surface area contributed by atoms with E-state index in [0.29, 0.717) is 17.0 Å². The summed E-state index contributed by atoms with van der Waals surface area (Å²) >= 11 is 0.840. The van der Waals surface area contributed by atoms with Gasteiger partial charge in [-0.05, 0) is 36.0 Å². The Kier molecular flexibility index (Phi) is 4.08. The van der Waals surface area contributed by atoms with Crippen molar-refractivity contribution in [3.05, 3.63) is 59.0 Å². The van der Waals surface area contributed by atoms with Crippen LogP contribution < -0.4 is 9.64 Å². The van der Waals surface area contributed by atoms with Gasteiger partial charge in [-0.3, -0.25) is 9.59 Å². The Labute approximate surface area is 137 Å². The van der Waals surface area contributed by atoms with Crippen molar-refractivity contribution in [2.75, 3.05) is 12.0 Å². The SMILES string of the molecule is COc1cccc(N2C(=O)S/C(=C\c3ccccc3O)C2=O)c1. The molecule has 23 heavy (non-hydrogen) atoms. The van der Waals surface area contributed by atoms with Crippen LogP contribution in [0, 0.1) is 0 Å². The number of nitrogens with zero attached hydrogens (tertiary/aromatic N) is 1. The largest absolute Gasteiger partial charge is 0.507 e. The molecule has 1 N–H and O–H groups in total. The molecule has 2 aromatic rings. The summed E-state index contributed by atoms with van der Waals surface area (Å²) in [5.41, 5.74) is 0.941. The molecular formula is C17H13NO4S. The van der Waals surface area contributed by atoms with E-state index < -0.39 is 5.91 Å². The van der Waals surface area contributed by atoms with Gasteiger partial charge in [0.1, 0.15) is 11.5 Å². The lowest BCUT2D eigenvalue weighted by molar-refractivity contribution is -0.113. The molecule has 3 rings (SSSR count). The zero-order valence-electron chi connectivity index (χ0n) is 12.2. The molecule has 1 aliphatic heterocycles. The smallest absolute Gasteiger partial charge is 0.298 e. The zero-order chi connectivity index (χ0) is 16.4. The van der Waals surface area contributed by atoms with Crippen molar-refractivity contribution < 1.29 is 19.4 Å². The van der Waals surface area contributed by atoms with Gasteiger partial charge in [-0.25, -0.2) is 4.90 Å². The summed E-state index contributed by atoms with van der Waals surface area (Å²) < 4.78 is 5.12. The molecule has 2 aromatic carbocycles. The molecule has 2 amide bonds. The summed E-state index contributed by atoms with van der Waals surface area (Å²) in [5, 5.41) is 9.41. The van der Waals surface area contributed by atoms with Crippen LogP contribution in [0.5, 0.6) is 11.5 Å². The second-order valence-corrected chi connectivity index (χ2v) is 5.77. The van der Waals surface area contributed by atoms with E-state index in [1.807, 2.05) is 0 Å². The third-order valence-corrected chi connectivity index (χ3v) is 4.20. The molecule has 0 unspecified atom stereocenters. The maximum Gasteiger partial charge on any atom is 0.298 e. The average molecular weight is 327 g/mol. The minimum atomic E-state index is -0.420. The van der Waals surface area contributed by atoms with E-state index >= 15 is 0 Å². The number of carbonyl (C=O) groups is 2. The molecule has 1 aliphatic rings. The second kappa shape index (κ2) is 6.18. The number of methoxy groups -OCH3 is 1. The lowest BCUT2D eigenvalue weighted by Gasteiger charge is -2.13. The fourth-order valence-electron chi connectivity index (χ4n) is 2.19. The number of hydrogen-bond donors (Lipinski definition) is 1. The molecule has 0 saturated carbocycles. The number of aromatic hydroxyl groups is 1. The summed E-state index contributed by atoms with van der Waals surface area (Å²) in [6.45, 7) is 0. The number of imide groups is 1. The number of hydrogen-bond acceptors (Lipinski definition) is 5. The summed E-state index contributed by atoms with van der Waals surface area (Å²) in [7, 11) is 1.52. The third kappa shape index (κ3) is 2.93. The molecular weight excluding hydrogens is 314 g/mol. The Hall–Kier alpha value is -2.73. The Balaban J connectivity index is 1.95. The van der Waals surface area contributed by atoms with Gasteiger partial charge in [0.25, 0.3) is 11.1 Å². The van der Waals surface area contributed by atoms with Crippen LogP contribution in [-0.2, 0) is 4.79 Å². The number of rotatable bonds is 3. The number of phenolic OH excluding ortho intramolecular Hbond substituents is 1. The van der Waals surface area contributed by atoms with Gasteiger partial charge < -0.3 is 9.84 Å². The summed E-state index contributed by atoms with van der Waals surface area (Å²) in [6.07, 6.45) is 1.51. The molecule has 0 atom stereocenters. The molecule has 0 radical (unpaired) electrons. The summed E-state index contributed by atoms with van der Waals surface area (Å²) in [6, 6.07) is 13.4. The van der Waals surface area contributed by atoms with Crippen LogP contribution in [0.25, 0.3) is 6.08 Å². The van der Waals surface area contributed by atoms with Crippen molar-refractivity contribution in [3.8, 4) is 11.5 Å². The summed E-state index contributed by atoms with van der Waals surface area (Å²) in [4.78, 5) is 26.1. The van der Waals surface area contributed by atoms with Crippen LogP contribution in [-0.4, -0.2) is 23.4 Å². The lowest BCUT2D eigenvalue weighted by atomic mass is 10.2. The molecule has 6 heteroatoms. The second-order valence-electron chi connectivity index (χ2n) is 4.78. The highest BCUT2D eigenvalue weighted by molar-refractivity contribution is 8.19. The van der Waals surface area contributed by atoms with Crippen LogP contribution in [0.3, 0.4) is 0 Å². The molecule has 0 aliphatic carbocycles. The topological polar surface area (TPSA) is 66.8 Å². The van der Waals surface area contributed by atoms with E-state index in [1.54, 1.807) is 42.5 Å². The first-order valence-electron chi connectivity index (χ1n) is 6.80. The van der Waals surface area contributed by atoms with E-state index in [1.165, 1.54) is 19.3 Å². The highest BCUT2D eigenvalue weighted by Crippen LogP contribution is 2.37. The number of amides is 2. The van der Waals surface area contributed by atoms with Gasteiger partial charge in [-0.2, -0.15) is 0 Å². The van der Waals surface area contributed by atoms with E-state index in [9.17, 15) is 14.7 Å². The highest BCUT2D eigenvalue weighted by atomic mass is 32.2. The van der Waals surface area contributed by atoms with Gasteiger partial charge in [0.2, 0.25) is 0 Å². The number of thioether (sulfide) groups is 1. The van der Waals surface area contributed by atoms with Crippen molar-refractivity contribution in [3.63, 3.8) is 0 Å². The van der Waals surface area contributed by atoms with Crippen LogP contribution in [0.2, 0.25) is 0 Å². The molecule has 0 spiro atoms. The number of anilines is 1.